The molecule has 2 aromatic heterocycles. The first-order chi connectivity index (χ1) is 19.4. The molecule has 41 heavy (non-hydrogen) atoms. The van der Waals surface area contributed by atoms with Crippen molar-refractivity contribution in [3.63, 3.8) is 0 Å². The molecule has 10 nitrogen and oxygen atoms in total. The van der Waals surface area contributed by atoms with Crippen molar-refractivity contribution in [2.75, 3.05) is 6.61 Å². The molecule has 0 bridgehead atoms. The van der Waals surface area contributed by atoms with E-state index in [-0.39, 0.29) is 38.2 Å². The van der Waals surface area contributed by atoms with E-state index >= 15 is 0 Å². The first-order valence-electron chi connectivity index (χ1n) is 12.4. The van der Waals surface area contributed by atoms with Crippen LogP contribution in [0.3, 0.4) is 0 Å². The van der Waals surface area contributed by atoms with E-state index < -0.39 is 27.5 Å². The number of hydrogen-bond donors (Lipinski definition) is 0. The molecule has 0 aliphatic carbocycles. The zero-order valence-electron chi connectivity index (χ0n) is 22.1. The van der Waals surface area contributed by atoms with Gasteiger partial charge < -0.3 is 18.1 Å². The molecule has 14 heteroatoms. The lowest BCUT2D eigenvalue weighted by Crippen LogP contribution is -2.28. The number of carbonyl (C=O) groups is 1. The Morgan fingerprint density at radius 2 is 1.78 bits per heavy atom. The van der Waals surface area contributed by atoms with Crippen LogP contribution in [0.2, 0.25) is 0 Å². The number of esters is 1. The average Bonchev–Trinajstić information content (AvgIpc) is 3.48. The Labute approximate surface area is 233 Å². The number of hydrogen-bond acceptors (Lipinski definition) is 9. The number of ether oxygens (including phenoxy) is 2. The number of alkyl halides is 3. The molecule has 0 aliphatic rings. The summed E-state index contributed by atoms with van der Waals surface area (Å²) in [6.45, 7) is 3.76. The third-order valence-corrected chi connectivity index (χ3v) is 6.68. The van der Waals surface area contributed by atoms with Crippen molar-refractivity contribution < 1.29 is 44.5 Å². The van der Waals surface area contributed by atoms with Crippen molar-refractivity contribution in [1.82, 2.24) is 14.8 Å². The lowest BCUT2D eigenvalue weighted by atomic mass is 10.2. The molecule has 0 spiro atoms. The summed E-state index contributed by atoms with van der Waals surface area (Å²) in [6, 6.07) is 16.3. The van der Waals surface area contributed by atoms with Crippen LogP contribution in [0.5, 0.6) is 11.6 Å². The summed E-state index contributed by atoms with van der Waals surface area (Å²) in [4.78, 5) is 16.2. The first-order valence-corrected chi connectivity index (χ1v) is 13.8. The van der Waals surface area contributed by atoms with Crippen molar-refractivity contribution >= 4 is 16.1 Å². The van der Waals surface area contributed by atoms with E-state index in [0.717, 1.165) is 5.56 Å². The fourth-order valence-corrected chi connectivity index (χ4v) is 4.13. The van der Waals surface area contributed by atoms with E-state index in [9.17, 15) is 26.4 Å². The fraction of sp³-hybridized carbons (Fsp3) is 0.296. The highest BCUT2D eigenvalue weighted by Crippen LogP contribution is 2.29. The maximum Gasteiger partial charge on any atom is 0.534 e. The van der Waals surface area contributed by atoms with Crippen LogP contribution in [0.1, 0.15) is 35.9 Å². The van der Waals surface area contributed by atoms with Crippen LogP contribution in [-0.4, -0.2) is 41.3 Å². The molecule has 0 saturated carbocycles. The highest BCUT2D eigenvalue weighted by molar-refractivity contribution is 7.87. The van der Waals surface area contributed by atoms with Gasteiger partial charge in [-0.25, -0.2) is 4.98 Å². The van der Waals surface area contributed by atoms with Crippen LogP contribution in [0.4, 0.5) is 13.2 Å². The molecule has 2 heterocycles. The summed E-state index contributed by atoms with van der Waals surface area (Å²) < 4.78 is 83.7. The Bertz CT molecular complexity index is 1580. The monoisotopic (exact) mass is 593 g/mol. The zero-order valence-corrected chi connectivity index (χ0v) is 22.9. The minimum atomic E-state index is -5.95. The third kappa shape index (κ3) is 7.66. The van der Waals surface area contributed by atoms with E-state index in [1.54, 1.807) is 38.1 Å². The molecular weight excluding hydrogens is 567 g/mol. The second-order valence-electron chi connectivity index (χ2n) is 8.77. The van der Waals surface area contributed by atoms with Crippen LogP contribution < -0.4 is 8.92 Å². The molecule has 2 aromatic carbocycles. The van der Waals surface area contributed by atoms with Crippen LogP contribution in [0, 0.1) is 6.92 Å². The minimum Gasteiger partial charge on any atom is -0.487 e. The summed E-state index contributed by atoms with van der Waals surface area (Å²) in [6.07, 6.45) is 0.982. The van der Waals surface area contributed by atoms with Gasteiger partial charge in [0.15, 0.2) is 0 Å². The molecule has 0 N–H and O–H groups in total. The lowest BCUT2D eigenvalue weighted by Gasteiger charge is -2.08. The largest absolute Gasteiger partial charge is 0.534 e. The van der Waals surface area contributed by atoms with Crippen LogP contribution in [-0.2, 0) is 39.2 Å². The SMILES string of the molecule is CCOC(=O)CCc1cn(Cc2ccc(OCc3nc(-c4ccccc4)oc3C)cc2)nc1OS(=O)(=O)C(F)(F)F. The normalized spacial score (nSPS) is 11.8. The Morgan fingerprint density at radius 1 is 1.07 bits per heavy atom. The average molecular weight is 594 g/mol. The Kier molecular flexibility index (Phi) is 9.01. The molecule has 0 fully saturated rings. The second kappa shape index (κ2) is 12.5. The van der Waals surface area contributed by atoms with Gasteiger partial charge in [-0.1, -0.05) is 30.3 Å². The van der Waals surface area contributed by atoms with Gasteiger partial charge in [-0.2, -0.15) is 21.6 Å². The molecule has 0 atom stereocenters. The Morgan fingerprint density at radius 3 is 2.44 bits per heavy atom. The quantitative estimate of drug-likeness (QED) is 0.124. The Balaban J connectivity index is 1.43. The zero-order chi connectivity index (χ0) is 29.6. The molecule has 0 radical (unpaired) electrons. The van der Waals surface area contributed by atoms with Crippen molar-refractivity contribution in [3.05, 3.63) is 83.4 Å². The van der Waals surface area contributed by atoms with Crippen molar-refractivity contribution in [1.29, 1.82) is 0 Å². The molecule has 0 saturated heterocycles. The highest BCUT2D eigenvalue weighted by Gasteiger charge is 2.49. The molecule has 4 aromatic rings. The van der Waals surface area contributed by atoms with Gasteiger partial charge in [-0.3, -0.25) is 9.48 Å². The number of carbonyl (C=O) groups excluding carboxylic acids is 1. The maximum atomic E-state index is 12.9. The lowest BCUT2D eigenvalue weighted by molar-refractivity contribution is -0.143. The topological polar surface area (TPSA) is 123 Å². The maximum absolute atomic E-state index is 12.9. The van der Waals surface area contributed by atoms with E-state index in [2.05, 4.69) is 14.3 Å². The number of aryl methyl sites for hydroxylation is 2. The summed E-state index contributed by atoms with van der Waals surface area (Å²) in [5.74, 6) is 0.294. The number of nitrogens with zero attached hydrogens (tertiary/aromatic N) is 3. The van der Waals surface area contributed by atoms with Gasteiger partial charge in [0, 0.05) is 23.7 Å². The number of benzene rings is 2. The second-order valence-corrected chi connectivity index (χ2v) is 10.3. The van der Waals surface area contributed by atoms with Gasteiger partial charge in [0.05, 0.1) is 13.2 Å². The smallest absolute Gasteiger partial charge is 0.487 e. The van der Waals surface area contributed by atoms with Gasteiger partial charge in [-0.05, 0) is 50.1 Å². The van der Waals surface area contributed by atoms with Crippen molar-refractivity contribution in [2.24, 2.45) is 0 Å². The van der Waals surface area contributed by atoms with Gasteiger partial charge in [0.2, 0.25) is 5.89 Å². The predicted octanol–water partition coefficient (Wildman–Crippen LogP) is 5.20. The number of aromatic nitrogens is 3. The van der Waals surface area contributed by atoms with Crippen LogP contribution in [0.15, 0.2) is 65.2 Å². The molecule has 218 valence electrons. The van der Waals surface area contributed by atoms with E-state index in [1.807, 2.05) is 30.3 Å². The standard InChI is InChI=1S/C27H26F3N3O7S/c1-3-37-24(34)14-11-21-16-33(32-26(21)40-41(35,36)27(28,29)30)15-19-9-12-22(13-10-19)38-17-23-18(2)39-25(31-23)20-7-5-4-6-8-20/h4-10,12-13,16H,3,11,14-15,17H2,1-2H3. The third-order valence-electron chi connectivity index (χ3n) is 5.73. The Hall–Kier alpha value is -4.33. The van der Waals surface area contributed by atoms with Crippen LogP contribution >= 0.6 is 0 Å². The first kappa shape index (κ1) is 29.6. The number of halogens is 3. The summed E-state index contributed by atoms with van der Waals surface area (Å²) in [7, 11) is -5.95. The highest BCUT2D eigenvalue weighted by atomic mass is 32.2. The molecule has 4 rings (SSSR count). The summed E-state index contributed by atoms with van der Waals surface area (Å²) in [5, 5.41) is 3.88. The van der Waals surface area contributed by atoms with Crippen molar-refractivity contribution in [3.8, 4) is 23.1 Å². The minimum absolute atomic E-state index is 0.00341. The molecule has 0 unspecified atom stereocenters. The molecular formula is C27H26F3N3O7S. The van der Waals surface area contributed by atoms with Gasteiger partial charge in [0.25, 0.3) is 5.88 Å². The summed E-state index contributed by atoms with van der Waals surface area (Å²) in [5.41, 5.74) is -3.46. The predicted molar refractivity (Wildman–Crippen MR) is 139 cm³/mol. The van der Waals surface area contributed by atoms with E-state index in [1.165, 1.54) is 10.9 Å². The number of rotatable bonds is 12. The molecule has 0 aliphatic heterocycles. The van der Waals surface area contributed by atoms with Gasteiger partial charge >= 0.3 is 21.6 Å². The van der Waals surface area contributed by atoms with E-state index in [0.29, 0.717) is 28.7 Å². The van der Waals surface area contributed by atoms with Crippen LogP contribution in [0.25, 0.3) is 11.5 Å². The van der Waals surface area contributed by atoms with Gasteiger partial charge in [-0.15, -0.1) is 5.10 Å². The van der Waals surface area contributed by atoms with Crippen molar-refractivity contribution in [2.45, 2.75) is 45.3 Å². The fourth-order valence-electron chi connectivity index (χ4n) is 3.68. The number of oxazole rings is 1. The van der Waals surface area contributed by atoms with E-state index in [4.69, 9.17) is 13.9 Å². The van der Waals surface area contributed by atoms with Gasteiger partial charge in [0.1, 0.15) is 23.8 Å². The summed E-state index contributed by atoms with van der Waals surface area (Å²) >= 11 is 0. The molecule has 0 amide bonds.